The lowest BCUT2D eigenvalue weighted by molar-refractivity contribution is 0.135. The van der Waals surface area contributed by atoms with Crippen LogP contribution in [0.25, 0.3) is 0 Å². The highest BCUT2D eigenvalue weighted by atomic mass is 16.5. The lowest BCUT2D eigenvalue weighted by Gasteiger charge is -2.15. The predicted octanol–water partition coefficient (Wildman–Crippen LogP) is 2.27. The zero-order valence-electron chi connectivity index (χ0n) is 10.7. The number of hydrogen-bond acceptors (Lipinski definition) is 3. The SMILES string of the molecule is CCOCCC(CCCc1ccccc1)NN. The molecule has 0 aliphatic rings. The number of hydrogen-bond donors (Lipinski definition) is 2. The molecule has 1 unspecified atom stereocenters. The average Bonchev–Trinajstić information content (AvgIpc) is 2.38. The van der Waals surface area contributed by atoms with Gasteiger partial charge in [0.25, 0.3) is 0 Å². The first-order chi connectivity index (χ1) is 8.36. The summed E-state index contributed by atoms with van der Waals surface area (Å²) in [4.78, 5) is 0. The Balaban J connectivity index is 2.15. The van der Waals surface area contributed by atoms with Crippen molar-refractivity contribution < 1.29 is 4.74 Å². The standard InChI is InChI=1S/C14H24N2O/c1-2-17-12-11-14(16-15)10-6-9-13-7-4-3-5-8-13/h3-5,7-8,14,16H,2,6,9-12,15H2,1H3. The Bertz CT molecular complexity index is 277. The number of rotatable bonds is 9. The quantitative estimate of drug-likeness (QED) is 0.393. The molecule has 0 saturated heterocycles. The van der Waals surface area contributed by atoms with Gasteiger partial charge in [-0.25, -0.2) is 0 Å². The van der Waals surface area contributed by atoms with Crippen LogP contribution in [0.2, 0.25) is 0 Å². The van der Waals surface area contributed by atoms with E-state index in [1.54, 1.807) is 0 Å². The molecule has 1 aromatic rings. The highest BCUT2D eigenvalue weighted by Gasteiger charge is 2.05. The molecule has 3 nitrogen and oxygen atoms in total. The smallest absolute Gasteiger partial charge is 0.0481 e. The summed E-state index contributed by atoms with van der Waals surface area (Å²) in [5.74, 6) is 5.53. The van der Waals surface area contributed by atoms with Crippen molar-refractivity contribution in [2.24, 2.45) is 5.84 Å². The van der Waals surface area contributed by atoms with E-state index in [9.17, 15) is 0 Å². The molecule has 0 amide bonds. The summed E-state index contributed by atoms with van der Waals surface area (Å²) >= 11 is 0. The molecule has 3 heteroatoms. The maximum atomic E-state index is 5.53. The molecule has 1 aromatic carbocycles. The number of benzene rings is 1. The first-order valence-corrected chi connectivity index (χ1v) is 6.44. The number of ether oxygens (including phenoxy) is 1. The Hall–Kier alpha value is -0.900. The Morgan fingerprint density at radius 2 is 2.00 bits per heavy atom. The van der Waals surface area contributed by atoms with Crippen LogP contribution in [0.5, 0.6) is 0 Å². The molecule has 0 aromatic heterocycles. The zero-order chi connectivity index (χ0) is 12.3. The molecule has 0 fully saturated rings. The molecular weight excluding hydrogens is 212 g/mol. The zero-order valence-corrected chi connectivity index (χ0v) is 10.7. The third-order valence-corrected chi connectivity index (χ3v) is 2.91. The van der Waals surface area contributed by atoms with Gasteiger partial charge in [0.05, 0.1) is 0 Å². The Morgan fingerprint density at radius 3 is 2.65 bits per heavy atom. The van der Waals surface area contributed by atoms with Crippen LogP contribution < -0.4 is 11.3 Å². The summed E-state index contributed by atoms with van der Waals surface area (Å²) in [6, 6.07) is 10.9. The normalized spacial score (nSPS) is 12.6. The van der Waals surface area contributed by atoms with Crippen molar-refractivity contribution in [3.05, 3.63) is 35.9 Å². The van der Waals surface area contributed by atoms with Gasteiger partial charge < -0.3 is 4.74 Å². The molecule has 0 radical (unpaired) electrons. The van der Waals surface area contributed by atoms with E-state index < -0.39 is 0 Å². The second kappa shape index (κ2) is 9.16. The number of aryl methyl sites for hydroxylation is 1. The van der Waals surface area contributed by atoms with Crippen molar-refractivity contribution in [3.63, 3.8) is 0 Å². The predicted molar refractivity (Wildman–Crippen MR) is 71.6 cm³/mol. The van der Waals surface area contributed by atoms with Gasteiger partial charge in [0.1, 0.15) is 0 Å². The van der Waals surface area contributed by atoms with Crippen molar-refractivity contribution >= 4 is 0 Å². The van der Waals surface area contributed by atoms with Gasteiger partial charge in [0.15, 0.2) is 0 Å². The van der Waals surface area contributed by atoms with Gasteiger partial charge >= 0.3 is 0 Å². The van der Waals surface area contributed by atoms with Crippen molar-refractivity contribution in [1.29, 1.82) is 0 Å². The maximum absolute atomic E-state index is 5.53. The lowest BCUT2D eigenvalue weighted by Crippen LogP contribution is -2.36. The first kappa shape index (κ1) is 14.2. The van der Waals surface area contributed by atoms with E-state index >= 15 is 0 Å². The van der Waals surface area contributed by atoms with E-state index in [1.807, 2.05) is 6.92 Å². The fourth-order valence-corrected chi connectivity index (χ4v) is 1.88. The highest BCUT2D eigenvalue weighted by molar-refractivity contribution is 5.14. The summed E-state index contributed by atoms with van der Waals surface area (Å²) in [6.45, 7) is 3.58. The summed E-state index contributed by atoms with van der Waals surface area (Å²) in [5.41, 5.74) is 4.26. The molecule has 0 aliphatic heterocycles. The fraction of sp³-hybridized carbons (Fsp3) is 0.571. The van der Waals surface area contributed by atoms with Crippen LogP contribution in [0, 0.1) is 0 Å². The topological polar surface area (TPSA) is 47.3 Å². The molecule has 0 saturated carbocycles. The summed E-state index contributed by atoms with van der Waals surface area (Å²) in [5, 5.41) is 0. The third kappa shape index (κ3) is 6.41. The van der Waals surface area contributed by atoms with E-state index in [0.29, 0.717) is 6.04 Å². The van der Waals surface area contributed by atoms with Gasteiger partial charge in [-0.2, -0.15) is 0 Å². The monoisotopic (exact) mass is 236 g/mol. The largest absolute Gasteiger partial charge is 0.382 e. The van der Waals surface area contributed by atoms with Crippen molar-refractivity contribution in [3.8, 4) is 0 Å². The van der Waals surface area contributed by atoms with Crippen LogP contribution in [-0.4, -0.2) is 19.3 Å². The number of hydrazine groups is 1. The Labute approximate surface area is 104 Å². The minimum Gasteiger partial charge on any atom is -0.382 e. The molecule has 17 heavy (non-hydrogen) atoms. The van der Waals surface area contributed by atoms with E-state index in [-0.39, 0.29) is 0 Å². The molecule has 0 spiro atoms. The molecule has 3 N–H and O–H groups in total. The molecule has 96 valence electrons. The molecule has 0 heterocycles. The highest BCUT2D eigenvalue weighted by Crippen LogP contribution is 2.08. The summed E-state index contributed by atoms with van der Waals surface area (Å²) in [7, 11) is 0. The van der Waals surface area contributed by atoms with Gasteiger partial charge in [-0.3, -0.25) is 11.3 Å². The van der Waals surface area contributed by atoms with Crippen LogP contribution in [0.1, 0.15) is 31.7 Å². The van der Waals surface area contributed by atoms with Gasteiger partial charge in [0, 0.05) is 19.3 Å². The van der Waals surface area contributed by atoms with Crippen LogP contribution in [-0.2, 0) is 11.2 Å². The van der Waals surface area contributed by atoms with E-state index in [1.165, 1.54) is 5.56 Å². The number of nitrogens with two attached hydrogens (primary N) is 1. The van der Waals surface area contributed by atoms with Crippen molar-refractivity contribution in [2.75, 3.05) is 13.2 Å². The third-order valence-electron chi connectivity index (χ3n) is 2.91. The van der Waals surface area contributed by atoms with Crippen LogP contribution in [0.4, 0.5) is 0 Å². The van der Waals surface area contributed by atoms with Gasteiger partial charge in [-0.05, 0) is 38.2 Å². The summed E-state index contributed by atoms with van der Waals surface area (Å²) < 4.78 is 5.33. The first-order valence-electron chi connectivity index (χ1n) is 6.44. The minimum absolute atomic E-state index is 0.366. The van der Waals surface area contributed by atoms with Crippen LogP contribution in [0.15, 0.2) is 30.3 Å². The molecular formula is C14H24N2O. The van der Waals surface area contributed by atoms with Crippen LogP contribution >= 0.6 is 0 Å². The lowest BCUT2D eigenvalue weighted by atomic mass is 10.0. The van der Waals surface area contributed by atoms with Crippen molar-refractivity contribution in [1.82, 2.24) is 5.43 Å². The average molecular weight is 236 g/mol. The maximum Gasteiger partial charge on any atom is 0.0481 e. The molecule has 0 bridgehead atoms. The van der Waals surface area contributed by atoms with Gasteiger partial charge in [-0.1, -0.05) is 30.3 Å². The van der Waals surface area contributed by atoms with E-state index in [4.69, 9.17) is 10.6 Å². The molecule has 1 rings (SSSR count). The second-order valence-corrected chi connectivity index (χ2v) is 4.23. The second-order valence-electron chi connectivity index (χ2n) is 4.23. The fourth-order valence-electron chi connectivity index (χ4n) is 1.88. The molecule has 0 aliphatic carbocycles. The van der Waals surface area contributed by atoms with Gasteiger partial charge in [0.2, 0.25) is 0 Å². The van der Waals surface area contributed by atoms with Crippen molar-refractivity contribution in [2.45, 2.75) is 38.6 Å². The summed E-state index contributed by atoms with van der Waals surface area (Å²) in [6.07, 6.45) is 4.36. The van der Waals surface area contributed by atoms with Gasteiger partial charge in [-0.15, -0.1) is 0 Å². The Kier molecular flexibility index (Phi) is 7.63. The number of nitrogens with one attached hydrogen (secondary N) is 1. The minimum atomic E-state index is 0.366. The van der Waals surface area contributed by atoms with E-state index in [0.717, 1.165) is 38.9 Å². The van der Waals surface area contributed by atoms with E-state index in [2.05, 4.69) is 35.8 Å². The Morgan fingerprint density at radius 1 is 1.24 bits per heavy atom. The molecule has 1 atom stereocenters. The van der Waals surface area contributed by atoms with Crippen LogP contribution in [0.3, 0.4) is 0 Å².